The van der Waals surface area contributed by atoms with Crippen molar-refractivity contribution in [3.8, 4) is 34.1 Å². The normalized spacial score (nSPS) is 10.9. The van der Waals surface area contributed by atoms with E-state index in [0.717, 1.165) is 30.5 Å². The molecule has 4 nitrogen and oxygen atoms in total. The smallest absolute Gasteiger partial charge is 0.134 e. The highest BCUT2D eigenvalue weighted by atomic mass is 79.9. The number of rotatable bonds is 7. The predicted molar refractivity (Wildman–Crippen MR) is 137 cm³/mol. The van der Waals surface area contributed by atoms with Gasteiger partial charge in [0.1, 0.15) is 36.2 Å². The summed E-state index contributed by atoms with van der Waals surface area (Å²) in [6.07, 6.45) is 3.33. The maximum atomic E-state index is 10.9. The minimum Gasteiger partial charge on any atom is -0.507 e. The largest absolute Gasteiger partial charge is 0.507 e. The second-order valence-electron chi connectivity index (χ2n) is 7.13. The highest BCUT2D eigenvalue weighted by molar-refractivity contribution is 9.11. The molecule has 0 bridgehead atoms. The minimum absolute atomic E-state index is 0.0498. The third-order valence-electron chi connectivity index (χ3n) is 5.06. The molecule has 0 saturated heterocycles. The first kappa shape index (κ1) is 22.2. The van der Waals surface area contributed by atoms with Crippen LogP contribution in [0, 0.1) is 0 Å². The Bertz CT molecular complexity index is 1260. The van der Waals surface area contributed by atoms with Gasteiger partial charge in [-0.3, -0.25) is 0 Å². The lowest BCUT2D eigenvalue weighted by Crippen LogP contribution is -1.96. The van der Waals surface area contributed by atoms with E-state index in [1.807, 2.05) is 36.4 Å². The molecule has 4 aromatic rings. The quantitative estimate of drug-likeness (QED) is 0.229. The van der Waals surface area contributed by atoms with Crippen molar-refractivity contribution in [3.05, 3.63) is 82.8 Å². The van der Waals surface area contributed by atoms with Crippen LogP contribution in [-0.2, 0) is 0 Å². The summed E-state index contributed by atoms with van der Waals surface area (Å²) in [5, 5.41) is 25.1. The van der Waals surface area contributed by atoms with Gasteiger partial charge in [-0.25, -0.2) is 0 Å². The highest BCUT2D eigenvalue weighted by Gasteiger charge is 2.19. The van der Waals surface area contributed by atoms with E-state index in [2.05, 4.69) is 45.0 Å². The van der Waals surface area contributed by atoms with Gasteiger partial charge in [0.15, 0.2) is 0 Å². The van der Waals surface area contributed by atoms with Crippen LogP contribution >= 0.6 is 31.9 Å². The molecule has 0 aliphatic heterocycles. The molecule has 0 aliphatic carbocycles. The average Bonchev–Trinajstić information content (AvgIpc) is 2.77. The number of phenolic OH excluding ortho intramolecular Hbond substituents is 2. The summed E-state index contributed by atoms with van der Waals surface area (Å²) >= 11 is 7.08. The van der Waals surface area contributed by atoms with Crippen molar-refractivity contribution in [2.75, 3.05) is 13.2 Å². The van der Waals surface area contributed by atoms with E-state index in [-0.39, 0.29) is 11.5 Å². The molecule has 6 heteroatoms. The molecule has 0 amide bonds. The van der Waals surface area contributed by atoms with Crippen LogP contribution in [0.3, 0.4) is 0 Å². The van der Waals surface area contributed by atoms with Gasteiger partial charge in [0.25, 0.3) is 0 Å². The summed E-state index contributed by atoms with van der Waals surface area (Å²) in [4.78, 5) is 0. The second-order valence-corrected chi connectivity index (χ2v) is 8.83. The summed E-state index contributed by atoms with van der Waals surface area (Å²) in [5.74, 6) is 1.32. The van der Waals surface area contributed by atoms with Gasteiger partial charge in [-0.2, -0.15) is 0 Å². The lowest BCUT2D eigenvalue weighted by molar-refractivity contribution is 0.361. The number of aromatic hydroxyl groups is 2. The molecule has 0 aromatic heterocycles. The number of ether oxygens (including phenoxy) is 2. The van der Waals surface area contributed by atoms with Crippen LogP contribution < -0.4 is 9.47 Å². The lowest BCUT2D eigenvalue weighted by Gasteiger charge is -2.17. The maximum absolute atomic E-state index is 10.9. The van der Waals surface area contributed by atoms with Gasteiger partial charge in [0, 0.05) is 11.1 Å². The Morgan fingerprint density at radius 3 is 1.47 bits per heavy atom. The number of phenols is 2. The fourth-order valence-corrected chi connectivity index (χ4v) is 4.62. The molecule has 2 N–H and O–H groups in total. The Labute approximate surface area is 202 Å². The van der Waals surface area contributed by atoms with Crippen LogP contribution in [-0.4, -0.2) is 23.4 Å². The molecule has 4 rings (SSSR count). The van der Waals surface area contributed by atoms with Crippen molar-refractivity contribution < 1.29 is 19.7 Å². The topological polar surface area (TPSA) is 58.9 Å². The number of benzene rings is 4. The standard InChI is InChI=1S/C26H20Br2O4/c1-3-9-31-23-13-17-15(11-19(23)27)5-7-21(29)25(17)26-18-14-24(32-10-4-2)20(28)12-16(18)6-8-22(26)30/h3-8,11-14,29-30H,1-2,9-10H2. The monoisotopic (exact) mass is 554 g/mol. The average molecular weight is 556 g/mol. The molecular weight excluding hydrogens is 536 g/mol. The van der Waals surface area contributed by atoms with Crippen molar-refractivity contribution in [1.29, 1.82) is 0 Å². The fourth-order valence-electron chi connectivity index (χ4n) is 3.67. The molecule has 32 heavy (non-hydrogen) atoms. The zero-order valence-corrected chi connectivity index (χ0v) is 20.2. The third-order valence-corrected chi connectivity index (χ3v) is 6.30. The van der Waals surface area contributed by atoms with Crippen molar-refractivity contribution in [1.82, 2.24) is 0 Å². The minimum atomic E-state index is 0.0498. The van der Waals surface area contributed by atoms with Crippen molar-refractivity contribution in [2.45, 2.75) is 0 Å². The van der Waals surface area contributed by atoms with Crippen LogP contribution in [0.5, 0.6) is 23.0 Å². The third kappa shape index (κ3) is 4.08. The first-order valence-corrected chi connectivity index (χ1v) is 11.4. The SMILES string of the molecule is C=CCOc1cc2c(-c3c(O)ccc4cc(Br)c(OCC=C)cc34)c(O)ccc2cc1Br. The predicted octanol–water partition coefficient (Wildman–Crippen LogP) is 7.73. The van der Waals surface area contributed by atoms with E-state index in [0.29, 0.717) is 35.8 Å². The van der Waals surface area contributed by atoms with Gasteiger partial charge in [0.05, 0.1) is 8.95 Å². The molecule has 4 aromatic carbocycles. The van der Waals surface area contributed by atoms with E-state index in [1.54, 1.807) is 24.3 Å². The first-order valence-electron chi connectivity index (χ1n) is 9.82. The Kier molecular flexibility index (Phi) is 6.44. The zero-order valence-electron chi connectivity index (χ0n) is 17.1. The number of hydrogen-bond donors (Lipinski definition) is 2. The summed E-state index contributed by atoms with van der Waals surface area (Å²) in [6, 6.07) is 14.5. The molecular formula is C26H20Br2O4. The zero-order chi connectivity index (χ0) is 22.8. The van der Waals surface area contributed by atoms with Crippen LogP contribution in [0.15, 0.2) is 82.8 Å². The molecule has 0 heterocycles. The van der Waals surface area contributed by atoms with Crippen LogP contribution in [0.25, 0.3) is 32.7 Å². The molecule has 0 unspecified atom stereocenters. The van der Waals surface area contributed by atoms with Crippen molar-refractivity contribution in [3.63, 3.8) is 0 Å². The summed E-state index contributed by atoms with van der Waals surface area (Å²) < 4.78 is 13.1. The molecule has 0 aliphatic rings. The number of fused-ring (bicyclic) bond motifs is 2. The van der Waals surface area contributed by atoms with Gasteiger partial charge in [0.2, 0.25) is 0 Å². The van der Waals surface area contributed by atoms with Gasteiger partial charge in [-0.05, 0) is 89.8 Å². The first-order chi connectivity index (χ1) is 15.4. The molecule has 0 saturated carbocycles. The van der Waals surface area contributed by atoms with Crippen molar-refractivity contribution in [2.24, 2.45) is 0 Å². The van der Waals surface area contributed by atoms with E-state index in [4.69, 9.17) is 9.47 Å². The Balaban J connectivity index is 2.05. The van der Waals surface area contributed by atoms with Gasteiger partial charge >= 0.3 is 0 Å². The molecule has 0 radical (unpaired) electrons. The molecule has 162 valence electrons. The molecule has 0 atom stereocenters. The Morgan fingerprint density at radius 2 is 1.09 bits per heavy atom. The van der Waals surface area contributed by atoms with Crippen LogP contribution in [0.4, 0.5) is 0 Å². The number of hydrogen-bond acceptors (Lipinski definition) is 4. The van der Waals surface area contributed by atoms with Gasteiger partial charge in [-0.1, -0.05) is 37.4 Å². The fraction of sp³-hybridized carbons (Fsp3) is 0.0769. The van der Waals surface area contributed by atoms with Gasteiger partial charge in [-0.15, -0.1) is 0 Å². The van der Waals surface area contributed by atoms with Gasteiger partial charge < -0.3 is 19.7 Å². The summed E-state index contributed by atoms with van der Waals surface area (Å²) in [6.45, 7) is 8.07. The van der Waals surface area contributed by atoms with E-state index < -0.39 is 0 Å². The highest BCUT2D eigenvalue weighted by Crippen LogP contribution is 2.47. The maximum Gasteiger partial charge on any atom is 0.134 e. The Hall–Kier alpha value is -2.96. The second kappa shape index (κ2) is 9.27. The lowest BCUT2D eigenvalue weighted by atomic mass is 9.92. The summed E-state index contributed by atoms with van der Waals surface area (Å²) in [5.41, 5.74) is 1.03. The molecule has 0 spiro atoms. The Morgan fingerprint density at radius 1 is 0.688 bits per heavy atom. The van der Waals surface area contributed by atoms with E-state index >= 15 is 0 Å². The van der Waals surface area contributed by atoms with Crippen molar-refractivity contribution >= 4 is 53.4 Å². The van der Waals surface area contributed by atoms with Crippen LogP contribution in [0.1, 0.15) is 0 Å². The molecule has 0 fully saturated rings. The van der Waals surface area contributed by atoms with E-state index in [9.17, 15) is 10.2 Å². The summed E-state index contributed by atoms with van der Waals surface area (Å²) in [7, 11) is 0. The number of halogens is 2. The van der Waals surface area contributed by atoms with E-state index in [1.165, 1.54) is 0 Å². The van der Waals surface area contributed by atoms with Crippen LogP contribution in [0.2, 0.25) is 0 Å².